The van der Waals surface area contributed by atoms with Crippen molar-refractivity contribution in [1.29, 1.82) is 0 Å². The van der Waals surface area contributed by atoms with Crippen LogP contribution in [0.15, 0.2) is 48.5 Å². The second-order valence-corrected chi connectivity index (χ2v) is 7.45. The Kier molecular flexibility index (Phi) is 9.06. The van der Waals surface area contributed by atoms with Gasteiger partial charge in [-0.2, -0.15) is 0 Å². The standard InChI is InChI=1S/C24H32N4O3/c1-5-28(6-2)24(31)19-8-7-9-21(16-19)25-17-22(29)26-20-13-10-18(11-14-20)12-15-23(30)27(3)4/h7-11,13-14,16,25H,5-6,12,15,17H2,1-4H3,(H,26,29). The second-order valence-electron chi connectivity index (χ2n) is 7.45. The minimum atomic E-state index is -0.184. The molecule has 2 rings (SSSR count). The van der Waals surface area contributed by atoms with Crippen LogP contribution in [0.25, 0.3) is 0 Å². The molecule has 7 nitrogen and oxygen atoms in total. The van der Waals surface area contributed by atoms with Crippen LogP contribution in [0, 0.1) is 0 Å². The summed E-state index contributed by atoms with van der Waals surface area (Å²) in [6.07, 6.45) is 1.12. The molecule has 166 valence electrons. The highest BCUT2D eigenvalue weighted by atomic mass is 16.2. The van der Waals surface area contributed by atoms with Crippen LogP contribution < -0.4 is 10.6 Å². The predicted molar refractivity (Wildman–Crippen MR) is 124 cm³/mol. The largest absolute Gasteiger partial charge is 0.376 e. The lowest BCUT2D eigenvalue weighted by atomic mass is 10.1. The smallest absolute Gasteiger partial charge is 0.253 e. The van der Waals surface area contributed by atoms with E-state index in [1.54, 1.807) is 42.1 Å². The third-order valence-electron chi connectivity index (χ3n) is 4.98. The Morgan fingerprint density at radius 3 is 2.19 bits per heavy atom. The molecule has 7 heteroatoms. The van der Waals surface area contributed by atoms with Crippen LogP contribution in [-0.2, 0) is 16.0 Å². The van der Waals surface area contributed by atoms with Gasteiger partial charge in [-0.05, 0) is 56.2 Å². The summed E-state index contributed by atoms with van der Waals surface area (Å²) in [7, 11) is 3.49. The Balaban J connectivity index is 1.86. The Morgan fingerprint density at radius 1 is 0.903 bits per heavy atom. The first-order valence-corrected chi connectivity index (χ1v) is 10.6. The maximum atomic E-state index is 12.5. The van der Waals surface area contributed by atoms with Crippen molar-refractivity contribution in [3.63, 3.8) is 0 Å². The number of nitrogens with zero attached hydrogens (tertiary/aromatic N) is 2. The molecule has 0 spiro atoms. The number of amides is 3. The number of benzene rings is 2. The Hall–Kier alpha value is -3.35. The minimum Gasteiger partial charge on any atom is -0.376 e. The van der Waals surface area contributed by atoms with Gasteiger partial charge in [0.2, 0.25) is 11.8 Å². The zero-order valence-corrected chi connectivity index (χ0v) is 18.8. The molecule has 0 saturated heterocycles. The zero-order valence-electron chi connectivity index (χ0n) is 18.8. The van der Waals surface area contributed by atoms with Gasteiger partial charge < -0.3 is 20.4 Å². The molecule has 0 bridgehead atoms. The van der Waals surface area contributed by atoms with Gasteiger partial charge in [0.05, 0.1) is 6.54 Å². The van der Waals surface area contributed by atoms with Gasteiger partial charge >= 0.3 is 0 Å². The summed E-state index contributed by atoms with van der Waals surface area (Å²) < 4.78 is 0. The first-order valence-electron chi connectivity index (χ1n) is 10.6. The average Bonchev–Trinajstić information content (AvgIpc) is 2.78. The lowest BCUT2D eigenvalue weighted by Crippen LogP contribution is -2.30. The molecule has 31 heavy (non-hydrogen) atoms. The van der Waals surface area contributed by atoms with Crippen LogP contribution in [0.5, 0.6) is 0 Å². The quantitative estimate of drug-likeness (QED) is 0.614. The molecule has 0 aliphatic heterocycles. The van der Waals surface area contributed by atoms with Crippen LogP contribution in [0.1, 0.15) is 36.2 Å². The van der Waals surface area contributed by atoms with E-state index in [1.807, 2.05) is 44.2 Å². The van der Waals surface area contributed by atoms with Crippen molar-refractivity contribution >= 4 is 29.1 Å². The van der Waals surface area contributed by atoms with E-state index >= 15 is 0 Å². The van der Waals surface area contributed by atoms with Crippen LogP contribution in [0.4, 0.5) is 11.4 Å². The molecule has 2 aromatic rings. The molecular weight excluding hydrogens is 392 g/mol. The van der Waals surface area contributed by atoms with E-state index in [0.29, 0.717) is 42.9 Å². The fraction of sp³-hybridized carbons (Fsp3) is 0.375. The molecule has 2 aromatic carbocycles. The monoisotopic (exact) mass is 424 g/mol. The van der Waals surface area contributed by atoms with Crippen LogP contribution >= 0.6 is 0 Å². The summed E-state index contributed by atoms with van der Waals surface area (Å²) in [6, 6.07) is 14.7. The fourth-order valence-electron chi connectivity index (χ4n) is 3.07. The fourth-order valence-corrected chi connectivity index (χ4v) is 3.07. The summed E-state index contributed by atoms with van der Waals surface area (Å²) in [4.78, 5) is 39.8. The highest BCUT2D eigenvalue weighted by molar-refractivity contribution is 5.96. The molecule has 0 unspecified atom stereocenters. The molecule has 0 heterocycles. The van der Waals surface area contributed by atoms with Gasteiger partial charge in [-0.15, -0.1) is 0 Å². The van der Waals surface area contributed by atoms with Gasteiger partial charge in [0, 0.05) is 50.5 Å². The van der Waals surface area contributed by atoms with Gasteiger partial charge in [-0.1, -0.05) is 18.2 Å². The van der Waals surface area contributed by atoms with Crippen molar-refractivity contribution < 1.29 is 14.4 Å². The van der Waals surface area contributed by atoms with Gasteiger partial charge in [-0.3, -0.25) is 14.4 Å². The summed E-state index contributed by atoms with van der Waals surface area (Å²) in [5.74, 6) is -0.118. The SMILES string of the molecule is CCN(CC)C(=O)c1cccc(NCC(=O)Nc2ccc(CCC(=O)N(C)C)cc2)c1. The van der Waals surface area contributed by atoms with Gasteiger partial charge in [-0.25, -0.2) is 0 Å². The zero-order chi connectivity index (χ0) is 22.8. The van der Waals surface area contributed by atoms with E-state index < -0.39 is 0 Å². The number of anilines is 2. The highest BCUT2D eigenvalue weighted by Crippen LogP contribution is 2.14. The van der Waals surface area contributed by atoms with Crippen LogP contribution in [0.3, 0.4) is 0 Å². The number of hydrogen-bond donors (Lipinski definition) is 2. The molecule has 2 N–H and O–H groups in total. The van der Waals surface area contributed by atoms with E-state index in [9.17, 15) is 14.4 Å². The summed E-state index contributed by atoms with van der Waals surface area (Å²) in [5, 5.41) is 5.91. The van der Waals surface area contributed by atoms with E-state index in [2.05, 4.69) is 10.6 Å². The number of rotatable bonds is 10. The van der Waals surface area contributed by atoms with Crippen molar-refractivity contribution in [2.75, 3.05) is 44.4 Å². The third kappa shape index (κ3) is 7.44. The van der Waals surface area contributed by atoms with Crippen molar-refractivity contribution in [1.82, 2.24) is 9.80 Å². The molecule has 0 aliphatic rings. The maximum absolute atomic E-state index is 12.5. The van der Waals surface area contributed by atoms with Crippen molar-refractivity contribution in [2.24, 2.45) is 0 Å². The number of carbonyl (C=O) groups excluding carboxylic acids is 3. The van der Waals surface area contributed by atoms with E-state index in [4.69, 9.17) is 0 Å². The van der Waals surface area contributed by atoms with E-state index in [-0.39, 0.29) is 24.3 Å². The van der Waals surface area contributed by atoms with Gasteiger partial charge in [0.1, 0.15) is 0 Å². The first-order chi connectivity index (χ1) is 14.8. The number of carbonyl (C=O) groups is 3. The Bertz CT molecular complexity index is 890. The number of aryl methyl sites for hydroxylation is 1. The van der Waals surface area contributed by atoms with Gasteiger partial charge in [0.15, 0.2) is 0 Å². The molecule has 0 saturated carbocycles. The summed E-state index contributed by atoms with van der Waals surface area (Å²) >= 11 is 0. The summed E-state index contributed by atoms with van der Waals surface area (Å²) in [6.45, 7) is 5.29. The van der Waals surface area contributed by atoms with Gasteiger partial charge in [0.25, 0.3) is 5.91 Å². The van der Waals surface area contributed by atoms with Crippen molar-refractivity contribution in [2.45, 2.75) is 26.7 Å². The maximum Gasteiger partial charge on any atom is 0.253 e. The van der Waals surface area contributed by atoms with E-state index in [1.165, 1.54) is 0 Å². The molecule has 0 fully saturated rings. The van der Waals surface area contributed by atoms with Crippen molar-refractivity contribution in [3.05, 3.63) is 59.7 Å². The van der Waals surface area contributed by atoms with Crippen LogP contribution in [-0.4, -0.2) is 61.3 Å². The van der Waals surface area contributed by atoms with E-state index in [0.717, 1.165) is 5.56 Å². The van der Waals surface area contributed by atoms with Crippen molar-refractivity contribution in [3.8, 4) is 0 Å². The molecule has 3 amide bonds. The molecule has 0 atom stereocenters. The molecular formula is C24H32N4O3. The lowest BCUT2D eigenvalue weighted by Gasteiger charge is -2.19. The molecule has 0 radical (unpaired) electrons. The first kappa shape index (κ1) is 23.9. The van der Waals surface area contributed by atoms with Crippen LogP contribution in [0.2, 0.25) is 0 Å². The number of nitrogens with one attached hydrogen (secondary N) is 2. The third-order valence-corrected chi connectivity index (χ3v) is 4.98. The number of hydrogen-bond acceptors (Lipinski definition) is 4. The Labute approximate surface area is 184 Å². The Morgan fingerprint density at radius 2 is 1.58 bits per heavy atom. The molecule has 0 aromatic heterocycles. The molecule has 0 aliphatic carbocycles. The predicted octanol–water partition coefficient (Wildman–Crippen LogP) is 3.24. The highest BCUT2D eigenvalue weighted by Gasteiger charge is 2.13. The summed E-state index contributed by atoms with van der Waals surface area (Å²) in [5.41, 5.74) is 3.05. The minimum absolute atomic E-state index is 0.0227. The second kappa shape index (κ2) is 11.7. The topological polar surface area (TPSA) is 81.8 Å². The lowest BCUT2D eigenvalue weighted by molar-refractivity contribution is -0.128. The average molecular weight is 425 g/mol. The normalized spacial score (nSPS) is 10.3.